The van der Waals surface area contributed by atoms with Crippen LogP contribution in [0, 0.1) is 5.41 Å². The minimum absolute atomic E-state index is 0.0830. The van der Waals surface area contributed by atoms with E-state index in [2.05, 4.69) is 4.98 Å². The van der Waals surface area contributed by atoms with Crippen LogP contribution in [-0.2, 0) is 0 Å². The van der Waals surface area contributed by atoms with Gasteiger partial charge in [-0.15, -0.1) is 0 Å². The Morgan fingerprint density at radius 1 is 1.18 bits per heavy atom. The molecule has 0 amide bonds. The second-order valence-electron chi connectivity index (χ2n) is 5.19. The van der Waals surface area contributed by atoms with Crippen LogP contribution in [-0.4, -0.2) is 10.8 Å². The highest BCUT2D eigenvalue weighted by atomic mass is 16.1. The number of carbonyl (C=O) groups is 1. The molecule has 0 fully saturated rings. The highest BCUT2D eigenvalue weighted by molar-refractivity contribution is 6.02. The van der Waals surface area contributed by atoms with Crippen LogP contribution in [0.5, 0.6) is 0 Å². The van der Waals surface area contributed by atoms with E-state index in [0.717, 1.165) is 5.39 Å². The van der Waals surface area contributed by atoms with Gasteiger partial charge in [0.05, 0.1) is 0 Å². The van der Waals surface area contributed by atoms with Gasteiger partial charge in [-0.3, -0.25) is 9.59 Å². The molecule has 1 heterocycles. The molecule has 0 saturated heterocycles. The lowest BCUT2D eigenvalue weighted by atomic mass is 9.86. The summed E-state index contributed by atoms with van der Waals surface area (Å²) in [6.45, 7) is 5.66. The molecule has 0 aliphatic heterocycles. The number of benzene rings is 1. The molecule has 0 saturated carbocycles. The summed E-state index contributed by atoms with van der Waals surface area (Å²) < 4.78 is 0. The first-order chi connectivity index (χ1) is 7.89. The Labute approximate surface area is 99.5 Å². The number of H-pyrrole nitrogens is 1. The lowest BCUT2D eigenvalue weighted by Gasteiger charge is -2.16. The van der Waals surface area contributed by atoms with Crippen molar-refractivity contribution in [2.75, 3.05) is 0 Å². The van der Waals surface area contributed by atoms with E-state index in [4.69, 9.17) is 0 Å². The van der Waals surface area contributed by atoms with Crippen LogP contribution in [0.25, 0.3) is 10.8 Å². The fourth-order valence-electron chi connectivity index (χ4n) is 1.77. The third-order valence-corrected chi connectivity index (χ3v) is 2.72. The van der Waals surface area contributed by atoms with Crippen molar-refractivity contribution < 1.29 is 4.79 Å². The topological polar surface area (TPSA) is 49.9 Å². The van der Waals surface area contributed by atoms with E-state index < -0.39 is 5.41 Å². The molecule has 17 heavy (non-hydrogen) atoms. The van der Waals surface area contributed by atoms with Crippen molar-refractivity contribution in [1.29, 1.82) is 0 Å². The number of hydrogen-bond acceptors (Lipinski definition) is 2. The lowest BCUT2D eigenvalue weighted by molar-refractivity contribution is 0.0858. The third kappa shape index (κ3) is 2.13. The van der Waals surface area contributed by atoms with Crippen LogP contribution in [0.1, 0.15) is 31.1 Å². The Balaban J connectivity index is 2.61. The van der Waals surface area contributed by atoms with Crippen LogP contribution in [0.15, 0.2) is 35.3 Å². The number of carbonyl (C=O) groups excluding carboxylic acids is 1. The molecule has 0 aliphatic carbocycles. The normalized spacial score (nSPS) is 11.7. The Kier molecular flexibility index (Phi) is 2.62. The number of pyridine rings is 1. The smallest absolute Gasteiger partial charge is 0.255 e. The highest BCUT2D eigenvalue weighted by Crippen LogP contribution is 2.22. The summed E-state index contributed by atoms with van der Waals surface area (Å²) in [5, 5.41) is 1.40. The van der Waals surface area contributed by atoms with Gasteiger partial charge in [0, 0.05) is 22.6 Å². The zero-order chi connectivity index (χ0) is 12.6. The average Bonchev–Trinajstić information content (AvgIpc) is 2.26. The standard InChI is InChI=1S/C14H15NO2/c1-14(2,3)12(16)10-4-5-11-9(8-10)6-7-15-13(11)17/h4-8H,1-3H3,(H,15,17). The van der Waals surface area contributed by atoms with Gasteiger partial charge in [-0.25, -0.2) is 0 Å². The van der Waals surface area contributed by atoms with Crippen molar-refractivity contribution in [3.05, 3.63) is 46.4 Å². The molecule has 3 nitrogen and oxygen atoms in total. The summed E-state index contributed by atoms with van der Waals surface area (Å²) >= 11 is 0. The number of rotatable bonds is 1. The molecule has 1 aromatic carbocycles. The van der Waals surface area contributed by atoms with Crippen LogP contribution >= 0.6 is 0 Å². The maximum atomic E-state index is 12.1. The fourth-order valence-corrected chi connectivity index (χ4v) is 1.77. The number of ketones is 1. The van der Waals surface area contributed by atoms with Crippen molar-refractivity contribution in [2.45, 2.75) is 20.8 Å². The van der Waals surface area contributed by atoms with E-state index in [-0.39, 0.29) is 11.3 Å². The van der Waals surface area contributed by atoms with Gasteiger partial charge in [0.1, 0.15) is 0 Å². The fraction of sp³-hybridized carbons (Fsp3) is 0.286. The predicted octanol–water partition coefficient (Wildman–Crippen LogP) is 2.76. The summed E-state index contributed by atoms with van der Waals surface area (Å²) in [4.78, 5) is 26.2. The Morgan fingerprint density at radius 3 is 2.53 bits per heavy atom. The van der Waals surface area contributed by atoms with E-state index in [9.17, 15) is 9.59 Å². The summed E-state index contributed by atoms with van der Waals surface area (Å²) in [6, 6.07) is 6.99. The number of aromatic amines is 1. The van der Waals surface area contributed by atoms with Crippen molar-refractivity contribution in [2.24, 2.45) is 5.41 Å². The van der Waals surface area contributed by atoms with Gasteiger partial charge in [-0.2, -0.15) is 0 Å². The van der Waals surface area contributed by atoms with Crippen molar-refractivity contribution >= 4 is 16.6 Å². The third-order valence-electron chi connectivity index (χ3n) is 2.72. The zero-order valence-electron chi connectivity index (χ0n) is 10.2. The number of Topliss-reactive ketones (excluding diaryl/α,β-unsaturated/α-hetero) is 1. The van der Waals surface area contributed by atoms with Crippen LogP contribution < -0.4 is 5.56 Å². The largest absolute Gasteiger partial charge is 0.329 e. The van der Waals surface area contributed by atoms with Gasteiger partial charge in [0.2, 0.25) is 0 Å². The summed E-state index contributed by atoms with van der Waals surface area (Å²) in [5.74, 6) is 0.0830. The van der Waals surface area contributed by atoms with Crippen molar-refractivity contribution in [3.63, 3.8) is 0 Å². The first kappa shape index (κ1) is 11.6. The molecule has 1 N–H and O–H groups in total. The van der Waals surface area contributed by atoms with Crippen molar-refractivity contribution in [1.82, 2.24) is 4.98 Å². The zero-order valence-corrected chi connectivity index (χ0v) is 10.2. The van der Waals surface area contributed by atoms with Gasteiger partial charge in [-0.05, 0) is 23.6 Å². The lowest BCUT2D eigenvalue weighted by Crippen LogP contribution is -2.20. The Hall–Kier alpha value is -1.90. The van der Waals surface area contributed by atoms with E-state index in [1.165, 1.54) is 0 Å². The number of aromatic nitrogens is 1. The minimum Gasteiger partial charge on any atom is -0.329 e. The highest BCUT2D eigenvalue weighted by Gasteiger charge is 2.22. The van der Waals surface area contributed by atoms with Gasteiger partial charge in [0.25, 0.3) is 5.56 Å². The molecule has 3 heteroatoms. The molecule has 0 spiro atoms. The number of hydrogen-bond donors (Lipinski definition) is 1. The second kappa shape index (κ2) is 3.84. The quantitative estimate of drug-likeness (QED) is 0.764. The van der Waals surface area contributed by atoms with Crippen LogP contribution in [0.2, 0.25) is 0 Å². The molecule has 0 bridgehead atoms. The molecule has 0 radical (unpaired) electrons. The first-order valence-corrected chi connectivity index (χ1v) is 5.56. The molecule has 0 unspecified atom stereocenters. The van der Waals surface area contributed by atoms with Gasteiger partial charge in [-0.1, -0.05) is 26.8 Å². The van der Waals surface area contributed by atoms with E-state index in [1.807, 2.05) is 20.8 Å². The molecule has 2 aromatic rings. The van der Waals surface area contributed by atoms with Crippen LogP contribution in [0.3, 0.4) is 0 Å². The predicted molar refractivity (Wildman–Crippen MR) is 68.4 cm³/mol. The van der Waals surface area contributed by atoms with E-state index >= 15 is 0 Å². The summed E-state index contributed by atoms with van der Waals surface area (Å²) in [5.41, 5.74) is 0.113. The number of fused-ring (bicyclic) bond motifs is 1. The SMILES string of the molecule is CC(C)(C)C(=O)c1ccc2c(=O)[nH]ccc2c1. The minimum atomic E-state index is -0.408. The summed E-state index contributed by atoms with van der Waals surface area (Å²) in [6.07, 6.45) is 1.59. The van der Waals surface area contributed by atoms with Gasteiger partial charge in [0.15, 0.2) is 5.78 Å². The monoisotopic (exact) mass is 229 g/mol. The van der Waals surface area contributed by atoms with Gasteiger partial charge >= 0.3 is 0 Å². The average molecular weight is 229 g/mol. The maximum Gasteiger partial charge on any atom is 0.255 e. The van der Waals surface area contributed by atoms with E-state index in [0.29, 0.717) is 10.9 Å². The molecule has 1 aromatic heterocycles. The van der Waals surface area contributed by atoms with Gasteiger partial charge < -0.3 is 4.98 Å². The van der Waals surface area contributed by atoms with E-state index in [1.54, 1.807) is 30.5 Å². The molecule has 2 rings (SSSR count). The molecule has 0 atom stereocenters. The maximum absolute atomic E-state index is 12.1. The molecule has 88 valence electrons. The molecule has 0 aliphatic rings. The summed E-state index contributed by atoms with van der Waals surface area (Å²) in [7, 11) is 0. The van der Waals surface area contributed by atoms with Crippen LogP contribution in [0.4, 0.5) is 0 Å². The Bertz CT molecular complexity index is 632. The molecular formula is C14H15NO2. The number of nitrogens with one attached hydrogen (secondary N) is 1. The molecular weight excluding hydrogens is 214 g/mol. The van der Waals surface area contributed by atoms with Crippen molar-refractivity contribution in [3.8, 4) is 0 Å². The Morgan fingerprint density at radius 2 is 1.88 bits per heavy atom. The second-order valence-corrected chi connectivity index (χ2v) is 5.19. The first-order valence-electron chi connectivity index (χ1n) is 5.56.